The third kappa shape index (κ3) is 9.70. The van der Waals surface area contributed by atoms with Crippen molar-refractivity contribution >= 4 is 127 Å². The Labute approximate surface area is 162 Å². The van der Waals surface area contributed by atoms with E-state index in [0.29, 0.717) is 0 Å². The molecular weight excluding hydrogens is 254 g/mol. The Balaban J connectivity index is -0.000000605. The topological polar surface area (TPSA) is 127 Å². The van der Waals surface area contributed by atoms with Gasteiger partial charge in [-0.15, -0.1) is 0 Å². The summed E-state index contributed by atoms with van der Waals surface area (Å²) in [6, 6.07) is 0. The van der Waals surface area contributed by atoms with E-state index in [9.17, 15) is 19.2 Å². The normalized spacial score (nSPS) is 7.14. The van der Waals surface area contributed by atoms with E-state index >= 15 is 0 Å². The van der Waals surface area contributed by atoms with E-state index in [4.69, 9.17) is 10.2 Å². The molecule has 0 amide bonds. The molecule has 0 fully saturated rings. The number of carboxylic acid groups (broad SMARTS) is 2. The summed E-state index contributed by atoms with van der Waals surface area (Å²) in [5.74, 6) is -7.78. The Morgan fingerprint density at radius 1 is 0.714 bits per heavy atom. The van der Waals surface area contributed by atoms with Crippen LogP contribution in [-0.4, -0.2) is 137 Å². The summed E-state index contributed by atoms with van der Waals surface area (Å²) in [6.07, 6.45) is 0. The number of hydrogen-bond acceptors (Lipinski definition) is 6. The SMILES string of the molecule is O=C(O)C(=O)OOC(=O)C(=O)O.[KH].[KH]. The van der Waals surface area contributed by atoms with E-state index < -0.39 is 23.9 Å². The Morgan fingerprint density at radius 3 is 1.07 bits per heavy atom. The number of carbonyl (C=O) groups excluding carboxylic acids is 2. The molecule has 0 unspecified atom stereocenters. The van der Waals surface area contributed by atoms with E-state index in [0.717, 1.165) is 0 Å². The Hall–Kier alpha value is 1.15. The number of carbonyl (C=O) groups is 4. The summed E-state index contributed by atoms with van der Waals surface area (Å²) in [7, 11) is 0. The average molecular weight is 258 g/mol. The zero-order valence-electron chi connectivity index (χ0n) is 5.34. The summed E-state index contributed by atoms with van der Waals surface area (Å²) in [5, 5.41) is 15.6. The molecule has 0 rings (SSSR count). The van der Waals surface area contributed by atoms with Gasteiger partial charge in [-0.2, -0.15) is 0 Å². The number of carboxylic acids is 2. The molecule has 0 atom stereocenters. The molecule has 0 aliphatic rings. The average Bonchev–Trinajstić information content (AvgIpc) is 1.98. The molecule has 10 heteroatoms. The minimum absolute atomic E-state index is 0. The zero-order valence-corrected chi connectivity index (χ0v) is 5.34. The van der Waals surface area contributed by atoms with Crippen LogP contribution >= 0.6 is 0 Å². The van der Waals surface area contributed by atoms with Crippen LogP contribution in [0.1, 0.15) is 0 Å². The first-order valence-corrected chi connectivity index (χ1v) is 2.34. The van der Waals surface area contributed by atoms with Crippen molar-refractivity contribution in [2.75, 3.05) is 0 Å². The molecule has 0 aliphatic heterocycles. The van der Waals surface area contributed by atoms with E-state index in [1.807, 2.05) is 0 Å². The molecule has 0 saturated carbocycles. The van der Waals surface area contributed by atoms with Crippen molar-refractivity contribution in [1.82, 2.24) is 0 Å². The van der Waals surface area contributed by atoms with E-state index in [1.54, 1.807) is 0 Å². The zero-order chi connectivity index (χ0) is 9.72. The van der Waals surface area contributed by atoms with Gasteiger partial charge >= 0.3 is 127 Å². The molecule has 8 nitrogen and oxygen atoms in total. The van der Waals surface area contributed by atoms with Crippen LogP contribution in [0.4, 0.5) is 0 Å². The maximum atomic E-state index is 9.98. The van der Waals surface area contributed by atoms with Gasteiger partial charge in [0.2, 0.25) is 0 Å². The van der Waals surface area contributed by atoms with Gasteiger partial charge in [0, 0.05) is 0 Å². The summed E-state index contributed by atoms with van der Waals surface area (Å²) in [4.78, 5) is 45.8. The van der Waals surface area contributed by atoms with Crippen molar-refractivity contribution in [3.63, 3.8) is 0 Å². The molecule has 0 saturated heterocycles. The molecule has 0 bridgehead atoms. The van der Waals surface area contributed by atoms with Crippen LogP contribution in [0.15, 0.2) is 0 Å². The van der Waals surface area contributed by atoms with Crippen LogP contribution in [0.25, 0.3) is 0 Å². The van der Waals surface area contributed by atoms with E-state index in [1.165, 1.54) is 0 Å². The fraction of sp³-hybridized carbons (Fsp3) is 0. The first-order chi connectivity index (χ1) is 5.45. The van der Waals surface area contributed by atoms with Crippen molar-refractivity contribution in [1.29, 1.82) is 0 Å². The summed E-state index contributed by atoms with van der Waals surface area (Å²) in [5.41, 5.74) is 0. The van der Waals surface area contributed by atoms with E-state index in [-0.39, 0.29) is 103 Å². The molecule has 0 heterocycles. The molecule has 0 spiro atoms. The van der Waals surface area contributed by atoms with Crippen molar-refractivity contribution in [3.8, 4) is 0 Å². The second-order valence-electron chi connectivity index (χ2n) is 1.35. The number of rotatable bonds is 0. The maximum absolute atomic E-state index is 9.98. The second-order valence-corrected chi connectivity index (χ2v) is 1.35. The minimum atomic E-state index is -2.01. The Bertz CT molecular complexity index is 222. The van der Waals surface area contributed by atoms with Crippen LogP contribution < -0.4 is 0 Å². The molecule has 70 valence electrons. The Kier molecular flexibility index (Phi) is 15.7. The van der Waals surface area contributed by atoms with Crippen molar-refractivity contribution < 1.29 is 39.2 Å². The fourth-order valence-corrected chi connectivity index (χ4v) is 0.147. The predicted molar refractivity (Wildman–Crippen MR) is 41.8 cm³/mol. The second kappa shape index (κ2) is 10.7. The van der Waals surface area contributed by atoms with Crippen molar-refractivity contribution in [2.24, 2.45) is 0 Å². The van der Waals surface area contributed by atoms with Crippen LogP contribution in [0.3, 0.4) is 0 Å². The van der Waals surface area contributed by atoms with Gasteiger partial charge in [0.05, 0.1) is 0 Å². The molecule has 0 aromatic rings. The summed E-state index contributed by atoms with van der Waals surface area (Å²) in [6.45, 7) is 0. The third-order valence-electron chi connectivity index (χ3n) is 0.542. The molecule has 0 aromatic heterocycles. The van der Waals surface area contributed by atoms with Crippen LogP contribution in [0.2, 0.25) is 0 Å². The molecule has 0 aromatic carbocycles. The molecule has 0 aliphatic carbocycles. The first-order valence-electron chi connectivity index (χ1n) is 2.34. The third-order valence-corrected chi connectivity index (χ3v) is 0.542. The van der Waals surface area contributed by atoms with Crippen LogP contribution in [0.5, 0.6) is 0 Å². The molecular formula is C4H4K2O8. The quantitative estimate of drug-likeness (QED) is 0.202. The standard InChI is InChI=1S/C4H2O8.2K.2H/c5-1(6)3(9)11-12-4(10)2(7)8;;;;/h(H,5,6)(H,7,8);;;;. The van der Waals surface area contributed by atoms with Gasteiger partial charge in [-0.05, 0) is 0 Å². The molecule has 0 radical (unpaired) electrons. The molecule has 14 heavy (non-hydrogen) atoms. The van der Waals surface area contributed by atoms with E-state index in [2.05, 4.69) is 9.78 Å². The van der Waals surface area contributed by atoms with Gasteiger partial charge < -0.3 is 10.2 Å². The summed E-state index contributed by atoms with van der Waals surface area (Å²) >= 11 is 0. The van der Waals surface area contributed by atoms with Gasteiger partial charge in [-0.3, -0.25) is 0 Å². The number of hydrogen-bond donors (Lipinski definition) is 2. The van der Waals surface area contributed by atoms with Crippen molar-refractivity contribution in [2.45, 2.75) is 0 Å². The van der Waals surface area contributed by atoms with Crippen LogP contribution in [0, 0.1) is 0 Å². The van der Waals surface area contributed by atoms with Gasteiger partial charge in [0.25, 0.3) is 0 Å². The monoisotopic (exact) mass is 258 g/mol. The first kappa shape index (κ1) is 20.6. The van der Waals surface area contributed by atoms with Gasteiger partial charge in [-0.1, -0.05) is 0 Å². The summed E-state index contributed by atoms with van der Waals surface area (Å²) < 4.78 is 0. The van der Waals surface area contributed by atoms with Gasteiger partial charge in [0.15, 0.2) is 0 Å². The number of aliphatic carboxylic acids is 2. The fourth-order valence-electron chi connectivity index (χ4n) is 0.147. The van der Waals surface area contributed by atoms with Gasteiger partial charge in [0.1, 0.15) is 0 Å². The predicted octanol–water partition coefficient (Wildman–Crippen LogP) is -3.14. The molecule has 2 N–H and O–H groups in total. The Morgan fingerprint density at radius 2 is 0.929 bits per heavy atom. The van der Waals surface area contributed by atoms with Crippen LogP contribution in [-0.2, 0) is 29.0 Å². The van der Waals surface area contributed by atoms with Crippen molar-refractivity contribution in [3.05, 3.63) is 0 Å². The van der Waals surface area contributed by atoms with Gasteiger partial charge in [-0.25, -0.2) is 29.0 Å².